The van der Waals surface area contributed by atoms with Crippen molar-refractivity contribution in [2.24, 2.45) is 5.73 Å². The van der Waals surface area contributed by atoms with E-state index in [1.165, 1.54) is 52.7 Å². The van der Waals surface area contributed by atoms with Gasteiger partial charge in [0.25, 0.3) is 11.8 Å². The summed E-state index contributed by atoms with van der Waals surface area (Å²) < 4.78 is 30.6. The van der Waals surface area contributed by atoms with E-state index in [4.69, 9.17) is 44.4 Å². The smallest absolute Gasteiger partial charge is 0.336 e. The average Bonchev–Trinajstić information content (AvgIpc) is 3.39. The van der Waals surface area contributed by atoms with Crippen LogP contribution in [-0.2, 0) is 38.1 Å². The molecule has 6 N–H and O–H groups in total. The van der Waals surface area contributed by atoms with Crippen LogP contribution in [0.1, 0.15) is 67.1 Å². The second-order valence-electron chi connectivity index (χ2n) is 11.5. The van der Waals surface area contributed by atoms with Crippen molar-refractivity contribution in [3.05, 3.63) is 58.7 Å². The number of imide groups is 3. The molecule has 0 radical (unpaired) electrons. The Morgan fingerprint density at radius 1 is 0.704 bits per heavy atom. The Bertz CT molecular complexity index is 1760. The average molecular weight is 761 g/mol. The number of carbonyl (C=O) groups excluding carboxylic acids is 6. The van der Waals surface area contributed by atoms with E-state index in [0.29, 0.717) is 18.6 Å². The fourth-order valence-electron chi connectivity index (χ4n) is 5.02. The minimum atomic E-state index is -1.34. The largest absolute Gasteiger partial charge is 0.488 e. The van der Waals surface area contributed by atoms with Crippen LogP contribution in [0.25, 0.3) is 0 Å². The highest BCUT2D eigenvalue weighted by Gasteiger charge is 2.44. The van der Waals surface area contributed by atoms with Crippen molar-refractivity contribution in [3.8, 4) is 11.5 Å². The molecular weight excluding hydrogens is 720 g/mol. The van der Waals surface area contributed by atoms with E-state index >= 15 is 0 Å². The van der Waals surface area contributed by atoms with Gasteiger partial charge in [0.15, 0.2) is 12.6 Å². The lowest BCUT2D eigenvalue weighted by molar-refractivity contribution is -0.137. The molecule has 2 unspecified atom stereocenters. The van der Waals surface area contributed by atoms with E-state index in [-0.39, 0.29) is 65.9 Å². The number of nitrogens with zero attached hydrogens (tertiary/aromatic N) is 1. The van der Waals surface area contributed by atoms with Gasteiger partial charge in [-0.2, -0.15) is 0 Å². The lowest BCUT2D eigenvalue weighted by atomic mass is 10.0. The van der Waals surface area contributed by atoms with E-state index in [9.17, 15) is 38.4 Å². The first-order chi connectivity index (χ1) is 25.6. The molecule has 0 bridgehead atoms. The number of piperidine rings is 2. The number of rotatable bonds is 13. The molecule has 20 nitrogen and oxygen atoms in total. The fraction of sp³-hybridized carbons (Fsp3) is 0.412. The summed E-state index contributed by atoms with van der Waals surface area (Å²) >= 11 is 0. The summed E-state index contributed by atoms with van der Waals surface area (Å²) in [7, 11) is 5.82. The van der Waals surface area contributed by atoms with Crippen LogP contribution in [0.5, 0.6) is 11.5 Å². The molecule has 2 fully saturated rings. The lowest BCUT2D eigenvalue weighted by Gasteiger charge is -2.27. The Morgan fingerprint density at radius 3 is 1.67 bits per heavy atom. The summed E-state index contributed by atoms with van der Waals surface area (Å²) in [6.45, 7) is 0.156. The first kappa shape index (κ1) is 42.6. The highest BCUT2D eigenvalue weighted by molar-refractivity contribution is 6.23. The van der Waals surface area contributed by atoms with Crippen molar-refractivity contribution in [1.29, 1.82) is 0 Å². The Morgan fingerprint density at radius 2 is 1.19 bits per heavy atom. The minimum Gasteiger partial charge on any atom is -0.488 e. The minimum absolute atomic E-state index is 0.0540. The number of benzene rings is 2. The molecule has 3 aliphatic rings. The molecule has 0 aliphatic carbocycles. The van der Waals surface area contributed by atoms with Gasteiger partial charge in [-0.15, -0.1) is 0 Å². The highest BCUT2D eigenvalue weighted by Crippen LogP contribution is 2.30. The maximum absolute atomic E-state index is 12.7. The molecular formula is C34H40N4O16. The van der Waals surface area contributed by atoms with E-state index in [1.54, 1.807) is 6.07 Å². The number of aromatic carboxylic acids is 2. The summed E-state index contributed by atoms with van der Waals surface area (Å²) in [4.78, 5) is 92.2. The summed E-state index contributed by atoms with van der Waals surface area (Å²) in [6.07, 6.45) is -0.124. The number of carbonyl (C=O) groups is 8. The zero-order chi connectivity index (χ0) is 40.1. The Kier molecular flexibility index (Phi) is 15.7. The van der Waals surface area contributed by atoms with Crippen LogP contribution in [0.15, 0.2) is 36.4 Å². The van der Waals surface area contributed by atoms with Gasteiger partial charge in [0.1, 0.15) is 30.8 Å². The third kappa shape index (κ3) is 11.1. The van der Waals surface area contributed by atoms with Crippen LogP contribution in [0.2, 0.25) is 0 Å². The van der Waals surface area contributed by atoms with E-state index in [0.717, 1.165) is 11.0 Å². The van der Waals surface area contributed by atoms with Crippen LogP contribution in [0.4, 0.5) is 0 Å². The third-order valence-corrected chi connectivity index (χ3v) is 7.97. The van der Waals surface area contributed by atoms with Crippen molar-refractivity contribution in [1.82, 2.24) is 15.5 Å². The van der Waals surface area contributed by atoms with Crippen LogP contribution in [0.3, 0.4) is 0 Å². The summed E-state index contributed by atoms with van der Waals surface area (Å²) in [6, 6.07) is 6.70. The predicted octanol–water partition coefficient (Wildman–Crippen LogP) is -0.0835. The number of fused-ring (bicyclic) bond motifs is 1. The molecule has 2 aromatic carbocycles. The SMILES string of the molecule is COC(COc1ccc(C(=O)O)c(C(=O)O)c1)OC.COC(COc1ccc2c(c1)C(=O)N(C1CCC(=O)NC1=O)C2=O)OC.NC1CCC(=O)NC1=O. The van der Waals surface area contributed by atoms with Crippen LogP contribution in [0, 0.1) is 0 Å². The summed E-state index contributed by atoms with van der Waals surface area (Å²) in [5, 5.41) is 22.1. The quantitative estimate of drug-likeness (QED) is 0.132. The second kappa shape index (κ2) is 19.9. The first-order valence-electron chi connectivity index (χ1n) is 16.1. The number of hydrogen-bond donors (Lipinski definition) is 5. The molecule has 0 aromatic heterocycles. The number of nitrogens with one attached hydrogen (secondary N) is 2. The molecule has 3 aliphatic heterocycles. The number of ether oxygens (including phenoxy) is 6. The molecule has 3 heterocycles. The number of carboxylic acids is 2. The topological polar surface area (TPSA) is 286 Å². The van der Waals surface area contributed by atoms with Gasteiger partial charge in [0.05, 0.1) is 28.3 Å². The Balaban J connectivity index is 0.000000244. The number of nitrogens with two attached hydrogens (primary N) is 1. The molecule has 2 atom stereocenters. The Hall–Kier alpha value is -5.80. The first-order valence-corrected chi connectivity index (χ1v) is 16.1. The molecule has 54 heavy (non-hydrogen) atoms. The number of carboxylic acid groups (broad SMARTS) is 2. The van der Waals surface area contributed by atoms with Gasteiger partial charge in [-0.05, 0) is 49.2 Å². The normalized spacial score (nSPS) is 17.9. The van der Waals surface area contributed by atoms with E-state index in [1.807, 2.05) is 0 Å². The van der Waals surface area contributed by atoms with Crippen molar-refractivity contribution in [3.63, 3.8) is 0 Å². The summed E-state index contributed by atoms with van der Waals surface area (Å²) in [5.74, 6) is -4.82. The zero-order valence-electron chi connectivity index (χ0n) is 29.7. The predicted molar refractivity (Wildman–Crippen MR) is 180 cm³/mol. The third-order valence-electron chi connectivity index (χ3n) is 7.97. The number of amides is 6. The fourth-order valence-corrected chi connectivity index (χ4v) is 5.02. The van der Waals surface area contributed by atoms with Crippen LogP contribution < -0.4 is 25.8 Å². The highest BCUT2D eigenvalue weighted by atomic mass is 16.7. The van der Waals surface area contributed by atoms with Gasteiger partial charge >= 0.3 is 11.9 Å². The summed E-state index contributed by atoms with van der Waals surface area (Å²) in [5.41, 5.74) is 5.00. The van der Waals surface area contributed by atoms with Crippen LogP contribution >= 0.6 is 0 Å². The van der Waals surface area contributed by atoms with Gasteiger partial charge in [0, 0.05) is 41.3 Å². The Labute approximate surface area is 307 Å². The molecule has 292 valence electrons. The number of hydrogen-bond acceptors (Lipinski definition) is 15. The molecule has 2 aromatic rings. The van der Waals surface area contributed by atoms with Crippen molar-refractivity contribution < 1.29 is 77.0 Å². The maximum atomic E-state index is 12.7. The molecule has 5 rings (SSSR count). The maximum Gasteiger partial charge on any atom is 0.336 e. The lowest BCUT2D eigenvalue weighted by Crippen LogP contribution is -2.54. The number of methoxy groups -OCH3 is 4. The van der Waals surface area contributed by atoms with Gasteiger partial charge in [-0.1, -0.05) is 0 Å². The van der Waals surface area contributed by atoms with E-state index in [2.05, 4.69) is 10.6 Å². The molecule has 0 spiro atoms. The van der Waals surface area contributed by atoms with Gasteiger partial charge in [-0.25, -0.2) is 9.59 Å². The zero-order valence-corrected chi connectivity index (χ0v) is 29.7. The van der Waals surface area contributed by atoms with Crippen molar-refractivity contribution in [2.75, 3.05) is 41.7 Å². The molecule has 0 saturated carbocycles. The second-order valence-corrected chi connectivity index (χ2v) is 11.5. The van der Waals surface area contributed by atoms with Crippen LogP contribution in [-0.4, -0.2) is 129 Å². The van der Waals surface area contributed by atoms with Gasteiger partial charge in [-0.3, -0.25) is 44.3 Å². The van der Waals surface area contributed by atoms with Crippen molar-refractivity contribution >= 4 is 47.4 Å². The molecule has 20 heteroatoms. The standard InChI is InChI=1S/C17H18N2O7.C12H14O7.C5H8N2O2/c1-24-14(25-2)8-26-9-3-4-10-11(7-9)17(23)19(16(10)22)12-5-6-13(20)18-15(12)21;1-17-10(18-2)6-19-7-3-4-8(11(13)14)9(5-7)12(15)16;6-3-1-2-4(8)7-5(3)9/h3-4,7,12,14H,5-6,8H2,1-2H3,(H,18,20,21);3-5,10H,6H2,1-2H3,(H,13,14)(H,15,16);3H,1-2,6H2,(H,7,8,9). The molecule has 6 amide bonds. The van der Waals surface area contributed by atoms with E-state index < -0.39 is 60.2 Å². The monoisotopic (exact) mass is 760 g/mol. The van der Waals surface area contributed by atoms with Gasteiger partial charge in [0.2, 0.25) is 23.6 Å². The molecule has 2 saturated heterocycles. The van der Waals surface area contributed by atoms with Crippen molar-refractivity contribution in [2.45, 2.75) is 50.3 Å². The van der Waals surface area contributed by atoms with Gasteiger partial charge < -0.3 is 44.4 Å².